The molecular formula is C23H21F3N4O2. The second-order valence-corrected chi connectivity index (χ2v) is 7.40. The smallest absolute Gasteiger partial charge is 0.416 e. The predicted octanol–water partition coefficient (Wildman–Crippen LogP) is 4.51. The molecule has 2 heterocycles. The van der Waals surface area contributed by atoms with Crippen molar-refractivity contribution in [2.24, 2.45) is 0 Å². The standard InChI is InChI=1S/C23H21F3N4O2/c24-23(25,26)16-3-1-4-17(15-16)28-21-20(5-2-10-27-21)22(32)30-13-11-29(12-14-30)18-6-8-19(31)9-7-18/h1-10,15,31H,11-14H2,(H,27,28). The van der Waals surface area contributed by atoms with Gasteiger partial charge in [0.05, 0.1) is 11.1 Å². The number of aromatic nitrogens is 1. The van der Waals surface area contributed by atoms with Crippen LogP contribution in [0.4, 0.5) is 30.4 Å². The molecule has 166 valence electrons. The SMILES string of the molecule is O=C(c1cccnc1Nc1cccc(C(F)(F)F)c1)N1CCN(c2ccc(O)cc2)CC1. The Morgan fingerprint density at radius 1 is 0.969 bits per heavy atom. The van der Waals surface area contributed by atoms with Crippen molar-refractivity contribution >= 4 is 23.1 Å². The molecule has 4 rings (SSSR count). The summed E-state index contributed by atoms with van der Waals surface area (Å²) in [5.41, 5.74) is 0.674. The van der Waals surface area contributed by atoms with E-state index in [4.69, 9.17) is 0 Å². The summed E-state index contributed by atoms with van der Waals surface area (Å²) in [6.07, 6.45) is -2.98. The number of alkyl halides is 3. The third-order valence-electron chi connectivity index (χ3n) is 5.27. The van der Waals surface area contributed by atoms with Gasteiger partial charge in [0.15, 0.2) is 0 Å². The van der Waals surface area contributed by atoms with Gasteiger partial charge in [0.2, 0.25) is 0 Å². The molecule has 2 N–H and O–H groups in total. The van der Waals surface area contributed by atoms with Gasteiger partial charge in [0, 0.05) is 43.8 Å². The average molecular weight is 442 g/mol. The van der Waals surface area contributed by atoms with Crippen LogP contribution in [0.3, 0.4) is 0 Å². The van der Waals surface area contributed by atoms with Crippen molar-refractivity contribution in [2.75, 3.05) is 36.4 Å². The maximum atomic E-state index is 13.1. The van der Waals surface area contributed by atoms with E-state index < -0.39 is 11.7 Å². The summed E-state index contributed by atoms with van der Waals surface area (Å²) in [7, 11) is 0. The van der Waals surface area contributed by atoms with Crippen LogP contribution < -0.4 is 10.2 Å². The van der Waals surface area contributed by atoms with Crippen LogP contribution in [0.1, 0.15) is 15.9 Å². The van der Waals surface area contributed by atoms with Crippen LogP contribution in [0.5, 0.6) is 5.75 Å². The Hall–Kier alpha value is -3.75. The van der Waals surface area contributed by atoms with E-state index in [0.29, 0.717) is 31.7 Å². The van der Waals surface area contributed by atoms with Gasteiger partial charge < -0.3 is 20.2 Å². The summed E-state index contributed by atoms with van der Waals surface area (Å²) in [5.74, 6) is 0.163. The lowest BCUT2D eigenvalue weighted by Crippen LogP contribution is -2.48. The van der Waals surface area contributed by atoms with E-state index in [9.17, 15) is 23.1 Å². The monoisotopic (exact) mass is 442 g/mol. The first kappa shape index (κ1) is 21.5. The van der Waals surface area contributed by atoms with Gasteiger partial charge in [-0.2, -0.15) is 13.2 Å². The van der Waals surface area contributed by atoms with Gasteiger partial charge in [-0.1, -0.05) is 6.07 Å². The second kappa shape index (κ2) is 8.78. The minimum absolute atomic E-state index is 0.194. The quantitative estimate of drug-likeness (QED) is 0.622. The lowest BCUT2D eigenvalue weighted by atomic mass is 10.1. The average Bonchev–Trinajstić information content (AvgIpc) is 2.79. The van der Waals surface area contributed by atoms with E-state index in [1.54, 1.807) is 29.2 Å². The Bertz CT molecular complexity index is 1090. The highest BCUT2D eigenvalue weighted by Crippen LogP contribution is 2.31. The fourth-order valence-electron chi connectivity index (χ4n) is 3.59. The van der Waals surface area contributed by atoms with E-state index in [2.05, 4.69) is 15.2 Å². The van der Waals surface area contributed by atoms with Gasteiger partial charge in [0.1, 0.15) is 11.6 Å². The Kier molecular flexibility index (Phi) is 5.89. The minimum atomic E-state index is -4.46. The van der Waals surface area contributed by atoms with Crippen LogP contribution in [0.25, 0.3) is 0 Å². The zero-order valence-corrected chi connectivity index (χ0v) is 17.0. The highest BCUT2D eigenvalue weighted by Gasteiger charge is 2.30. The molecule has 3 aromatic rings. The van der Waals surface area contributed by atoms with Gasteiger partial charge in [-0.05, 0) is 54.6 Å². The highest BCUT2D eigenvalue weighted by atomic mass is 19.4. The summed E-state index contributed by atoms with van der Waals surface area (Å²) in [6.45, 7) is 2.20. The predicted molar refractivity (Wildman–Crippen MR) is 115 cm³/mol. The van der Waals surface area contributed by atoms with Crippen LogP contribution in [0.2, 0.25) is 0 Å². The van der Waals surface area contributed by atoms with Gasteiger partial charge >= 0.3 is 6.18 Å². The first-order valence-corrected chi connectivity index (χ1v) is 10.0. The Morgan fingerprint density at radius 2 is 1.69 bits per heavy atom. The molecule has 0 bridgehead atoms. The number of phenolic OH excluding ortho intramolecular Hbond substituents is 1. The maximum absolute atomic E-state index is 13.1. The molecule has 1 aliphatic heterocycles. The molecule has 1 saturated heterocycles. The maximum Gasteiger partial charge on any atom is 0.416 e. The summed E-state index contributed by atoms with van der Waals surface area (Å²) < 4.78 is 39.0. The topological polar surface area (TPSA) is 68.7 Å². The number of phenols is 1. The number of benzene rings is 2. The molecule has 1 aliphatic rings. The molecule has 0 saturated carbocycles. The number of aromatic hydroxyl groups is 1. The number of anilines is 3. The minimum Gasteiger partial charge on any atom is -0.508 e. The van der Waals surface area contributed by atoms with Crippen molar-refractivity contribution in [3.8, 4) is 5.75 Å². The van der Waals surface area contributed by atoms with E-state index in [1.165, 1.54) is 18.3 Å². The zero-order chi connectivity index (χ0) is 22.7. The second-order valence-electron chi connectivity index (χ2n) is 7.40. The van der Waals surface area contributed by atoms with Crippen molar-refractivity contribution in [2.45, 2.75) is 6.18 Å². The molecule has 0 aliphatic carbocycles. The van der Waals surface area contributed by atoms with Gasteiger partial charge in [-0.15, -0.1) is 0 Å². The number of piperazine rings is 1. The molecule has 9 heteroatoms. The number of hydrogen-bond donors (Lipinski definition) is 2. The number of carbonyl (C=O) groups excluding carboxylic acids is 1. The Balaban J connectivity index is 1.47. The number of halogens is 3. The Morgan fingerprint density at radius 3 is 2.38 bits per heavy atom. The third kappa shape index (κ3) is 4.77. The van der Waals surface area contributed by atoms with E-state index in [-0.39, 0.29) is 23.2 Å². The number of hydrogen-bond acceptors (Lipinski definition) is 5. The summed E-state index contributed by atoms with van der Waals surface area (Å²) >= 11 is 0. The zero-order valence-electron chi connectivity index (χ0n) is 17.0. The van der Waals surface area contributed by atoms with Gasteiger partial charge in [0.25, 0.3) is 5.91 Å². The fraction of sp³-hybridized carbons (Fsp3) is 0.217. The van der Waals surface area contributed by atoms with Crippen LogP contribution in [0, 0.1) is 0 Å². The lowest BCUT2D eigenvalue weighted by molar-refractivity contribution is -0.137. The number of pyridine rings is 1. The molecule has 1 amide bonds. The first-order valence-electron chi connectivity index (χ1n) is 10.0. The van der Waals surface area contributed by atoms with Crippen molar-refractivity contribution in [1.82, 2.24) is 9.88 Å². The normalized spacial score (nSPS) is 14.3. The van der Waals surface area contributed by atoms with Gasteiger partial charge in [-0.25, -0.2) is 4.98 Å². The van der Waals surface area contributed by atoms with E-state index in [0.717, 1.165) is 17.8 Å². The van der Waals surface area contributed by atoms with Crippen LogP contribution in [-0.4, -0.2) is 47.1 Å². The van der Waals surface area contributed by atoms with Crippen molar-refractivity contribution in [3.05, 3.63) is 78.0 Å². The molecule has 6 nitrogen and oxygen atoms in total. The van der Waals surface area contributed by atoms with E-state index in [1.807, 2.05) is 12.1 Å². The molecule has 1 fully saturated rings. The van der Waals surface area contributed by atoms with Crippen molar-refractivity contribution < 1.29 is 23.1 Å². The number of carbonyl (C=O) groups is 1. The van der Waals surface area contributed by atoms with Crippen molar-refractivity contribution in [3.63, 3.8) is 0 Å². The van der Waals surface area contributed by atoms with Crippen molar-refractivity contribution in [1.29, 1.82) is 0 Å². The van der Waals surface area contributed by atoms with E-state index >= 15 is 0 Å². The molecule has 32 heavy (non-hydrogen) atoms. The lowest BCUT2D eigenvalue weighted by Gasteiger charge is -2.36. The van der Waals surface area contributed by atoms with Crippen LogP contribution in [0.15, 0.2) is 66.9 Å². The van der Waals surface area contributed by atoms with Crippen LogP contribution >= 0.6 is 0 Å². The summed E-state index contributed by atoms with van der Waals surface area (Å²) in [5, 5.41) is 12.3. The largest absolute Gasteiger partial charge is 0.508 e. The number of nitrogens with one attached hydrogen (secondary N) is 1. The molecular weight excluding hydrogens is 421 g/mol. The molecule has 2 aromatic carbocycles. The molecule has 0 atom stereocenters. The fourth-order valence-corrected chi connectivity index (χ4v) is 3.59. The number of rotatable bonds is 4. The molecule has 0 spiro atoms. The highest BCUT2D eigenvalue weighted by molar-refractivity contribution is 5.99. The Labute approximate surface area is 182 Å². The molecule has 0 unspecified atom stereocenters. The third-order valence-corrected chi connectivity index (χ3v) is 5.27. The molecule has 1 aromatic heterocycles. The molecule has 0 radical (unpaired) electrons. The number of nitrogens with zero attached hydrogens (tertiary/aromatic N) is 3. The van der Waals surface area contributed by atoms with Crippen LogP contribution in [-0.2, 0) is 6.18 Å². The summed E-state index contributed by atoms with van der Waals surface area (Å²) in [6, 6.07) is 14.9. The van der Waals surface area contributed by atoms with Gasteiger partial charge in [-0.3, -0.25) is 4.79 Å². The number of amides is 1. The first-order chi connectivity index (χ1) is 15.3. The summed E-state index contributed by atoms with van der Waals surface area (Å²) in [4.78, 5) is 21.1.